The molecule has 112 valence electrons. The van der Waals surface area contributed by atoms with Gasteiger partial charge in [0.1, 0.15) is 11.3 Å². The van der Waals surface area contributed by atoms with Gasteiger partial charge < -0.3 is 19.9 Å². The number of piperidine rings is 3. The minimum Gasteiger partial charge on any atom is -0.492 e. The molecule has 2 N–H and O–H groups in total. The number of aromatic nitrogens is 2. The zero-order valence-electron chi connectivity index (χ0n) is 12.5. The van der Waals surface area contributed by atoms with E-state index in [4.69, 9.17) is 10.5 Å². The summed E-state index contributed by atoms with van der Waals surface area (Å²) in [6.07, 6.45) is 2.55. The summed E-state index contributed by atoms with van der Waals surface area (Å²) in [5.74, 6) is 2.18. The van der Waals surface area contributed by atoms with E-state index in [0.29, 0.717) is 18.6 Å². The summed E-state index contributed by atoms with van der Waals surface area (Å²) in [7, 11) is 0. The minimum absolute atomic E-state index is 0.453. The predicted molar refractivity (Wildman–Crippen MR) is 83.5 cm³/mol. The first kappa shape index (κ1) is 13.0. The highest BCUT2D eigenvalue weighted by molar-refractivity contribution is 5.84. The molecule has 3 fully saturated rings. The van der Waals surface area contributed by atoms with Crippen molar-refractivity contribution in [1.29, 1.82) is 0 Å². The number of anilines is 1. The first-order valence-electron chi connectivity index (χ1n) is 7.89. The van der Waals surface area contributed by atoms with E-state index in [0.717, 1.165) is 29.2 Å². The van der Waals surface area contributed by atoms with Crippen molar-refractivity contribution in [2.75, 3.05) is 32.0 Å². The molecule has 5 rings (SSSR count). The molecule has 0 saturated carbocycles. The number of benzene rings is 1. The highest BCUT2D eigenvalue weighted by Gasteiger charge is 2.36. The molecule has 0 amide bonds. The van der Waals surface area contributed by atoms with Crippen molar-refractivity contribution in [1.82, 2.24) is 14.5 Å². The molecule has 1 atom stereocenters. The van der Waals surface area contributed by atoms with Gasteiger partial charge in [-0.05, 0) is 50.9 Å². The molecule has 0 radical (unpaired) electrons. The fourth-order valence-electron chi connectivity index (χ4n) is 3.96. The Balaban J connectivity index is 1.82. The van der Waals surface area contributed by atoms with Gasteiger partial charge in [0, 0.05) is 6.54 Å². The number of nitrogens with zero attached hydrogens (tertiary/aromatic N) is 3. The lowest BCUT2D eigenvalue weighted by Crippen LogP contribution is -2.48. The first-order valence-corrected chi connectivity index (χ1v) is 7.89. The molecule has 3 aliphatic rings. The van der Waals surface area contributed by atoms with Crippen LogP contribution in [0.3, 0.4) is 0 Å². The van der Waals surface area contributed by atoms with Crippen LogP contribution < -0.4 is 10.5 Å². The Morgan fingerprint density at radius 1 is 1.33 bits per heavy atom. The van der Waals surface area contributed by atoms with Crippen molar-refractivity contribution in [3.63, 3.8) is 0 Å². The van der Waals surface area contributed by atoms with Crippen LogP contribution in [0.25, 0.3) is 11.0 Å². The molecule has 4 heterocycles. The van der Waals surface area contributed by atoms with Crippen LogP contribution in [0.2, 0.25) is 0 Å². The standard InChI is InChI=1S/C16H22N4O/c1-2-21-14-5-3-4-12-15(14)18-16(17)20(12)13-10-19-8-6-11(13)7-9-19/h3-5,11,13H,2,6-10H2,1H3,(H2,17,18). The quantitative estimate of drug-likeness (QED) is 0.940. The Bertz CT molecular complexity index is 658. The molecule has 21 heavy (non-hydrogen) atoms. The van der Waals surface area contributed by atoms with Crippen LogP contribution >= 0.6 is 0 Å². The first-order chi connectivity index (χ1) is 10.3. The van der Waals surface area contributed by atoms with E-state index in [9.17, 15) is 0 Å². The maximum Gasteiger partial charge on any atom is 0.201 e. The molecule has 1 aromatic carbocycles. The Kier molecular flexibility index (Phi) is 3.03. The zero-order valence-corrected chi connectivity index (χ0v) is 12.5. The summed E-state index contributed by atoms with van der Waals surface area (Å²) in [5, 5.41) is 0. The van der Waals surface area contributed by atoms with Gasteiger partial charge in [-0.3, -0.25) is 0 Å². The zero-order chi connectivity index (χ0) is 14.4. The molecule has 0 spiro atoms. The van der Waals surface area contributed by atoms with Gasteiger partial charge in [-0.15, -0.1) is 0 Å². The van der Waals surface area contributed by atoms with E-state index in [1.165, 1.54) is 25.9 Å². The summed E-state index contributed by atoms with van der Waals surface area (Å²) < 4.78 is 7.94. The Hall–Kier alpha value is -1.75. The number of imidazole rings is 1. The number of nitrogen functional groups attached to an aromatic ring is 1. The Morgan fingerprint density at radius 3 is 2.81 bits per heavy atom. The third-order valence-corrected chi connectivity index (χ3v) is 4.96. The molecule has 2 bridgehead atoms. The monoisotopic (exact) mass is 286 g/mol. The highest BCUT2D eigenvalue weighted by atomic mass is 16.5. The number of hydrogen-bond donors (Lipinski definition) is 1. The van der Waals surface area contributed by atoms with Crippen LogP contribution in [-0.4, -0.2) is 40.7 Å². The maximum absolute atomic E-state index is 6.26. The normalized spacial score (nSPS) is 28.1. The van der Waals surface area contributed by atoms with Crippen LogP contribution in [0.4, 0.5) is 5.95 Å². The van der Waals surface area contributed by atoms with Gasteiger partial charge >= 0.3 is 0 Å². The van der Waals surface area contributed by atoms with Crippen molar-refractivity contribution in [2.45, 2.75) is 25.8 Å². The molecule has 3 saturated heterocycles. The number of rotatable bonds is 3. The fraction of sp³-hybridized carbons (Fsp3) is 0.562. The highest BCUT2D eigenvalue weighted by Crippen LogP contribution is 2.39. The van der Waals surface area contributed by atoms with Crippen molar-refractivity contribution in [3.8, 4) is 5.75 Å². The molecule has 0 aliphatic carbocycles. The van der Waals surface area contributed by atoms with Gasteiger partial charge in [0.2, 0.25) is 5.95 Å². The largest absolute Gasteiger partial charge is 0.492 e. The smallest absolute Gasteiger partial charge is 0.201 e. The van der Waals surface area contributed by atoms with Gasteiger partial charge in [0.05, 0.1) is 18.2 Å². The van der Waals surface area contributed by atoms with Gasteiger partial charge in [-0.1, -0.05) is 6.07 Å². The fourth-order valence-corrected chi connectivity index (χ4v) is 3.96. The van der Waals surface area contributed by atoms with Gasteiger partial charge in [-0.25, -0.2) is 4.98 Å². The molecule has 1 unspecified atom stereocenters. The topological polar surface area (TPSA) is 56.3 Å². The minimum atomic E-state index is 0.453. The van der Waals surface area contributed by atoms with Crippen LogP contribution in [0.5, 0.6) is 5.75 Å². The third-order valence-electron chi connectivity index (χ3n) is 4.96. The number of hydrogen-bond acceptors (Lipinski definition) is 4. The molecule has 2 aromatic rings. The van der Waals surface area contributed by atoms with Crippen LogP contribution in [0.1, 0.15) is 25.8 Å². The number of fused-ring (bicyclic) bond motifs is 4. The molecule has 5 nitrogen and oxygen atoms in total. The summed E-state index contributed by atoms with van der Waals surface area (Å²) in [5.41, 5.74) is 8.26. The van der Waals surface area contributed by atoms with E-state index in [-0.39, 0.29) is 0 Å². The van der Waals surface area contributed by atoms with Gasteiger partial charge in [0.15, 0.2) is 0 Å². The lowest BCUT2D eigenvalue weighted by Gasteiger charge is -2.45. The molecular formula is C16H22N4O. The van der Waals surface area contributed by atoms with E-state index in [1.54, 1.807) is 0 Å². The number of nitrogens with two attached hydrogens (primary N) is 1. The Morgan fingerprint density at radius 2 is 2.14 bits per heavy atom. The van der Waals surface area contributed by atoms with Crippen LogP contribution in [0.15, 0.2) is 18.2 Å². The maximum atomic E-state index is 6.26. The molecular weight excluding hydrogens is 264 g/mol. The summed E-state index contributed by atoms with van der Waals surface area (Å²) in [6, 6.07) is 6.57. The summed E-state index contributed by atoms with van der Waals surface area (Å²) >= 11 is 0. The third kappa shape index (κ3) is 1.99. The lowest BCUT2D eigenvalue weighted by molar-refractivity contribution is 0.0598. The van der Waals surface area contributed by atoms with E-state index >= 15 is 0 Å². The van der Waals surface area contributed by atoms with Crippen molar-refractivity contribution < 1.29 is 4.74 Å². The number of para-hydroxylation sites is 1. The molecule has 1 aromatic heterocycles. The SMILES string of the molecule is CCOc1cccc2c1nc(N)n2C1CN2CCC1CC2. The second-order valence-corrected chi connectivity index (χ2v) is 6.10. The van der Waals surface area contributed by atoms with E-state index in [2.05, 4.69) is 20.5 Å². The Labute approximate surface area is 124 Å². The van der Waals surface area contributed by atoms with Crippen molar-refractivity contribution >= 4 is 17.0 Å². The molecule has 5 heteroatoms. The predicted octanol–water partition coefficient (Wildman–Crippen LogP) is 2.28. The average Bonchev–Trinajstić information content (AvgIpc) is 2.86. The van der Waals surface area contributed by atoms with Crippen molar-refractivity contribution in [3.05, 3.63) is 18.2 Å². The van der Waals surface area contributed by atoms with Gasteiger partial charge in [-0.2, -0.15) is 0 Å². The molecule has 3 aliphatic heterocycles. The lowest BCUT2D eigenvalue weighted by atomic mass is 9.84. The second-order valence-electron chi connectivity index (χ2n) is 6.10. The van der Waals surface area contributed by atoms with Gasteiger partial charge in [0.25, 0.3) is 0 Å². The van der Waals surface area contributed by atoms with Crippen LogP contribution in [0, 0.1) is 5.92 Å². The second kappa shape index (κ2) is 4.91. The van der Waals surface area contributed by atoms with Crippen molar-refractivity contribution in [2.24, 2.45) is 5.92 Å². The summed E-state index contributed by atoms with van der Waals surface area (Å²) in [6.45, 7) is 6.20. The van der Waals surface area contributed by atoms with E-state index < -0.39 is 0 Å². The number of ether oxygens (including phenoxy) is 1. The average molecular weight is 286 g/mol. The van der Waals surface area contributed by atoms with Crippen LogP contribution in [-0.2, 0) is 0 Å². The van der Waals surface area contributed by atoms with E-state index in [1.807, 2.05) is 19.1 Å². The summed E-state index contributed by atoms with van der Waals surface area (Å²) in [4.78, 5) is 7.13.